The van der Waals surface area contributed by atoms with Gasteiger partial charge in [0.1, 0.15) is 12.2 Å². The van der Waals surface area contributed by atoms with Crippen LogP contribution in [-0.4, -0.2) is 43.1 Å². The van der Waals surface area contributed by atoms with Crippen LogP contribution in [0.5, 0.6) is 0 Å². The summed E-state index contributed by atoms with van der Waals surface area (Å²) in [6.45, 7) is 1.85. The van der Waals surface area contributed by atoms with Crippen molar-refractivity contribution in [3.05, 3.63) is 76.4 Å². The molecular weight excluding hydrogens is 564 g/mol. The number of nitrogens with zero attached hydrogens (tertiary/aromatic N) is 4. The molecule has 3 aromatic rings. The zero-order chi connectivity index (χ0) is 30.3. The number of fused-ring (bicyclic) bond motifs is 1. The minimum atomic E-state index is -4.88. The van der Waals surface area contributed by atoms with E-state index in [1.54, 1.807) is 13.1 Å². The molecule has 6 rings (SSSR count). The third kappa shape index (κ3) is 4.48. The number of halogens is 6. The number of benzene rings is 2. The number of hydrogen-bond donors (Lipinski definition) is 2. The molecule has 42 heavy (non-hydrogen) atoms. The van der Waals surface area contributed by atoms with Gasteiger partial charge in [-0.1, -0.05) is 12.1 Å². The molecule has 1 aromatic heterocycles. The zero-order valence-corrected chi connectivity index (χ0v) is 22.9. The van der Waals surface area contributed by atoms with Crippen molar-refractivity contribution in [2.24, 2.45) is 7.05 Å². The molecule has 13 heteroatoms. The fourth-order valence-corrected chi connectivity index (χ4v) is 6.56. The van der Waals surface area contributed by atoms with Crippen LogP contribution in [0.3, 0.4) is 0 Å². The monoisotopic (exact) mass is 593 g/mol. The summed E-state index contributed by atoms with van der Waals surface area (Å²) in [4.78, 5) is 14.8. The van der Waals surface area contributed by atoms with Crippen LogP contribution in [0.1, 0.15) is 77.5 Å². The summed E-state index contributed by atoms with van der Waals surface area (Å²) in [7, 11) is 1.57. The second-order valence-corrected chi connectivity index (χ2v) is 12.1. The lowest BCUT2D eigenvalue weighted by Crippen LogP contribution is -2.63. The predicted molar refractivity (Wildman–Crippen MR) is 140 cm³/mol. The molecule has 7 nitrogen and oxygen atoms in total. The van der Waals surface area contributed by atoms with Crippen LogP contribution in [0, 0.1) is 0 Å². The summed E-state index contributed by atoms with van der Waals surface area (Å²) < 4.78 is 85.1. The molecule has 2 heterocycles. The minimum Gasteiger partial charge on any atom is -0.380 e. The van der Waals surface area contributed by atoms with E-state index in [4.69, 9.17) is 0 Å². The molecule has 224 valence electrons. The number of aromatic nitrogens is 3. The lowest BCUT2D eigenvalue weighted by molar-refractivity contribution is -0.301. The molecule has 0 saturated heterocycles. The Kier molecular flexibility index (Phi) is 6.33. The molecule has 2 aliphatic carbocycles. The molecule has 2 N–H and O–H groups in total. The number of anilines is 1. The predicted octanol–water partition coefficient (Wildman–Crippen LogP) is 5.40. The number of rotatable bonds is 6. The number of aryl methyl sites for hydroxylation is 1. The van der Waals surface area contributed by atoms with Crippen molar-refractivity contribution in [1.29, 1.82) is 0 Å². The van der Waals surface area contributed by atoms with E-state index >= 15 is 0 Å². The third-order valence-corrected chi connectivity index (χ3v) is 9.15. The lowest BCUT2D eigenvalue weighted by Gasteiger charge is -2.53. The first-order chi connectivity index (χ1) is 19.6. The maximum absolute atomic E-state index is 14.2. The number of aliphatic hydroxyl groups is 1. The molecule has 0 bridgehead atoms. The molecule has 0 unspecified atom stereocenters. The molecule has 0 atom stereocenters. The van der Waals surface area contributed by atoms with Crippen LogP contribution in [0.2, 0.25) is 0 Å². The summed E-state index contributed by atoms with van der Waals surface area (Å²) in [6.07, 6.45) is -6.79. The Hall–Kier alpha value is -3.45. The number of carbonyl (C=O) groups is 1. The van der Waals surface area contributed by atoms with Crippen LogP contribution < -0.4 is 10.2 Å². The van der Waals surface area contributed by atoms with E-state index in [2.05, 4.69) is 15.5 Å². The average Bonchev–Trinajstić information content (AvgIpc) is 3.45. The van der Waals surface area contributed by atoms with Crippen molar-refractivity contribution in [2.75, 3.05) is 4.90 Å². The average molecular weight is 594 g/mol. The van der Waals surface area contributed by atoms with E-state index in [0.29, 0.717) is 11.1 Å². The van der Waals surface area contributed by atoms with Gasteiger partial charge in [-0.3, -0.25) is 4.79 Å². The number of alkyl halides is 6. The second-order valence-electron chi connectivity index (χ2n) is 12.1. The summed E-state index contributed by atoms with van der Waals surface area (Å²) in [5.41, 5.74) is -4.64. The third-order valence-electron chi connectivity index (χ3n) is 9.15. The molecule has 3 aliphatic rings. The van der Waals surface area contributed by atoms with Crippen molar-refractivity contribution >= 4 is 11.6 Å². The largest absolute Gasteiger partial charge is 0.417 e. The van der Waals surface area contributed by atoms with Gasteiger partial charge in [-0.25, -0.2) is 0 Å². The van der Waals surface area contributed by atoms with Gasteiger partial charge in [0.05, 0.1) is 17.5 Å². The molecule has 0 spiro atoms. The SMILES string of the molecule is Cn1cnnc1C1(c2cccc(N3Cc4c(cc(CNC5(C)CCC5)cc4C(F)(F)F)C3=O)c2)CC(O)(C(F)(F)F)C1. The molecule has 1 amide bonds. The van der Waals surface area contributed by atoms with Gasteiger partial charge in [-0.15, -0.1) is 10.2 Å². The Morgan fingerprint density at radius 3 is 2.36 bits per heavy atom. The molecular formula is C29H29F6N5O2. The maximum atomic E-state index is 14.2. The summed E-state index contributed by atoms with van der Waals surface area (Å²) in [5.74, 6) is -0.432. The van der Waals surface area contributed by atoms with Gasteiger partial charge in [0.2, 0.25) is 0 Å². The highest BCUT2D eigenvalue weighted by atomic mass is 19.4. The van der Waals surface area contributed by atoms with Gasteiger partial charge < -0.3 is 19.9 Å². The first-order valence-electron chi connectivity index (χ1n) is 13.6. The number of carbonyl (C=O) groups excluding carboxylic acids is 1. The normalized spacial score (nSPS) is 25.3. The van der Waals surface area contributed by atoms with Crippen molar-refractivity contribution in [3.8, 4) is 0 Å². The summed E-state index contributed by atoms with van der Waals surface area (Å²) >= 11 is 0. The summed E-state index contributed by atoms with van der Waals surface area (Å²) in [6, 6.07) is 8.68. The van der Waals surface area contributed by atoms with Crippen LogP contribution in [0.15, 0.2) is 42.7 Å². The Labute approximate surface area is 237 Å². The Morgan fingerprint density at radius 1 is 1.07 bits per heavy atom. The number of hydrogen-bond acceptors (Lipinski definition) is 5. The van der Waals surface area contributed by atoms with E-state index in [-0.39, 0.29) is 41.3 Å². The molecule has 1 aliphatic heterocycles. The van der Waals surface area contributed by atoms with Gasteiger partial charge >= 0.3 is 12.4 Å². The first kappa shape index (κ1) is 28.7. The minimum absolute atomic E-state index is 0.0519. The number of nitrogens with one attached hydrogen (secondary N) is 1. The van der Waals surface area contributed by atoms with Crippen LogP contribution in [0.25, 0.3) is 0 Å². The zero-order valence-electron chi connectivity index (χ0n) is 22.9. The van der Waals surface area contributed by atoms with Crippen molar-refractivity contribution in [3.63, 3.8) is 0 Å². The van der Waals surface area contributed by atoms with Gasteiger partial charge in [-0.2, -0.15) is 26.3 Å². The van der Waals surface area contributed by atoms with E-state index in [0.717, 1.165) is 25.3 Å². The van der Waals surface area contributed by atoms with E-state index in [1.165, 1.54) is 40.1 Å². The molecule has 2 fully saturated rings. The lowest BCUT2D eigenvalue weighted by atomic mass is 9.55. The fourth-order valence-electron chi connectivity index (χ4n) is 6.56. The van der Waals surface area contributed by atoms with E-state index in [1.807, 2.05) is 6.92 Å². The smallest absolute Gasteiger partial charge is 0.380 e. The van der Waals surface area contributed by atoms with Crippen molar-refractivity contribution < 1.29 is 36.2 Å². The standard InChI is InChI=1S/C29H29F6N5O2/c1-25(7-4-8-25)36-12-17-9-20-21(22(10-17)28(30,31)32)13-40(23(20)41)19-6-3-5-18(11-19)26(24-38-37-16-39(24)2)14-27(42,15-26)29(33,34)35/h3,5-6,9-11,16,36,42H,4,7-8,12-15H2,1-2H3. The highest BCUT2D eigenvalue weighted by Gasteiger charge is 2.69. The van der Waals surface area contributed by atoms with Gasteiger partial charge in [0.15, 0.2) is 5.60 Å². The Balaban J connectivity index is 1.35. The van der Waals surface area contributed by atoms with E-state index < -0.39 is 47.7 Å². The molecule has 0 radical (unpaired) electrons. The van der Waals surface area contributed by atoms with Crippen LogP contribution >= 0.6 is 0 Å². The van der Waals surface area contributed by atoms with Crippen molar-refractivity contribution in [2.45, 2.75) is 81.0 Å². The quantitative estimate of drug-likeness (QED) is 0.374. The Morgan fingerprint density at radius 2 is 1.79 bits per heavy atom. The topological polar surface area (TPSA) is 83.3 Å². The van der Waals surface area contributed by atoms with Gasteiger partial charge in [0.25, 0.3) is 5.91 Å². The Bertz CT molecular complexity index is 1550. The van der Waals surface area contributed by atoms with E-state index in [9.17, 15) is 36.2 Å². The summed E-state index contributed by atoms with van der Waals surface area (Å²) in [5, 5.41) is 21.5. The molecule has 2 aromatic carbocycles. The maximum Gasteiger partial charge on any atom is 0.417 e. The first-order valence-corrected chi connectivity index (χ1v) is 13.6. The highest BCUT2D eigenvalue weighted by molar-refractivity contribution is 6.10. The van der Waals surface area contributed by atoms with Gasteiger partial charge in [0, 0.05) is 43.2 Å². The van der Waals surface area contributed by atoms with Crippen LogP contribution in [-0.2, 0) is 31.7 Å². The fraction of sp³-hybridized carbons (Fsp3) is 0.483. The number of amides is 1. The molecule has 2 saturated carbocycles. The van der Waals surface area contributed by atoms with Gasteiger partial charge in [-0.05, 0) is 67.1 Å². The second kappa shape index (κ2) is 9.27. The van der Waals surface area contributed by atoms with Crippen molar-refractivity contribution in [1.82, 2.24) is 20.1 Å². The highest BCUT2D eigenvalue weighted by Crippen LogP contribution is 2.59. The van der Waals surface area contributed by atoms with Crippen LogP contribution in [0.4, 0.5) is 32.0 Å².